The highest BCUT2D eigenvalue weighted by molar-refractivity contribution is 5.93. The number of aromatic nitrogens is 1. The second-order valence-corrected chi connectivity index (χ2v) is 4.37. The van der Waals surface area contributed by atoms with E-state index in [-0.39, 0.29) is 18.6 Å². The zero-order valence-electron chi connectivity index (χ0n) is 11.9. The van der Waals surface area contributed by atoms with Crippen LogP contribution in [0.4, 0.5) is 5.69 Å². The maximum absolute atomic E-state index is 12.5. The van der Waals surface area contributed by atoms with Crippen LogP contribution >= 0.6 is 0 Å². The molecule has 0 aliphatic heterocycles. The summed E-state index contributed by atoms with van der Waals surface area (Å²) in [6.07, 6.45) is 3.35. The van der Waals surface area contributed by atoms with Gasteiger partial charge in [-0.15, -0.1) is 0 Å². The van der Waals surface area contributed by atoms with E-state index >= 15 is 0 Å². The van der Waals surface area contributed by atoms with E-state index in [0.29, 0.717) is 12.2 Å². The molecule has 0 aliphatic rings. The standard InChI is InChI=1S/C14H23N3O2/c1-4-12(5-2)17(8-9-18)14(19)13-10-11(15-3)6-7-16-13/h6-7,10,12,18H,4-5,8-9H2,1-3H3,(H,15,16). The Morgan fingerprint density at radius 1 is 1.47 bits per heavy atom. The van der Waals surface area contributed by atoms with Crippen molar-refractivity contribution in [3.8, 4) is 0 Å². The number of rotatable bonds is 7. The minimum atomic E-state index is -0.125. The molecular weight excluding hydrogens is 242 g/mol. The molecule has 1 aromatic rings. The molecule has 106 valence electrons. The fourth-order valence-corrected chi connectivity index (χ4v) is 2.14. The largest absolute Gasteiger partial charge is 0.395 e. The van der Waals surface area contributed by atoms with E-state index in [2.05, 4.69) is 10.3 Å². The Labute approximate surface area is 114 Å². The second kappa shape index (κ2) is 7.74. The van der Waals surface area contributed by atoms with Crippen LogP contribution in [-0.2, 0) is 0 Å². The summed E-state index contributed by atoms with van der Waals surface area (Å²) in [7, 11) is 1.80. The predicted octanol–water partition coefficient (Wildman–Crippen LogP) is 1.75. The van der Waals surface area contributed by atoms with E-state index in [1.165, 1.54) is 0 Å². The zero-order chi connectivity index (χ0) is 14.3. The minimum absolute atomic E-state index is 0.0338. The molecule has 0 spiro atoms. The first-order chi connectivity index (χ1) is 9.17. The van der Waals surface area contributed by atoms with Crippen LogP contribution in [0.25, 0.3) is 0 Å². The Morgan fingerprint density at radius 3 is 2.68 bits per heavy atom. The predicted molar refractivity (Wildman–Crippen MR) is 76.3 cm³/mol. The smallest absolute Gasteiger partial charge is 0.272 e. The lowest BCUT2D eigenvalue weighted by Gasteiger charge is -2.29. The van der Waals surface area contributed by atoms with Crippen LogP contribution < -0.4 is 5.32 Å². The number of amides is 1. The Hall–Kier alpha value is -1.62. The molecular formula is C14H23N3O2. The number of nitrogens with zero attached hydrogens (tertiary/aromatic N) is 2. The summed E-state index contributed by atoms with van der Waals surface area (Å²) in [4.78, 5) is 18.3. The molecule has 0 fully saturated rings. The van der Waals surface area contributed by atoms with E-state index in [9.17, 15) is 4.79 Å². The third-order valence-corrected chi connectivity index (χ3v) is 3.25. The number of aliphatic hydroxyl groups is 1. The molecule has 1 heterocycles. The van der Waals surface area contributed by atoms with Gasteiger partial charge in [0.1, 0.15) is 5.69 Å². The highest BCUT2D eigenvalue weighted by Gasteiger charge is 2.22. The second-order valence-electron chi connectivity index (χ2n) is 4.37. The first kappa shape index (κ1) is 15.4. The highest BCUT2D eigenvalue weighted by Crippen LogP contribution is 2.14. The number of carbonyl (C=O) groups excluding carboxylic acids is 1. The summed E-state index contributed by atoms with van der Waals surface area (Å²) >= 11 is 0. The van der Waals surface area contributed by atoms with E-state index in [1.54, 1.807) is 24.2 Å². The molecule has 0 saturated heterocycles. The lowest BCUT2D eigenvalue weighted by Crippen LogP contribution is -2.41. The number of nitrogens with one attached hydrogen (secondary N) is 1. The molecule has 5 heteroatoms. The molecule has 1 amide bonds. The van der Waals surface area contributed by atoms with Crippen molar-refractivity contribution in [3.63, 3.8) is 0 Å². The van der Waals surface area contributed by atoms with Crippen LogP contribution in [0.2, 0.25) is 0 Å². The summed E-state index contributed by atoms with van der Waals surface area (Å²) in [5.74, 6) is -0.125. The average Bonchev–Trinajstić information content (AvgIpc) is 2.47. The van der Waals surface area contributed by atoms with Gasteiger partial charge in [0.05, 0.1) is 6.61 Å². The van der Waals surface area contributed by atoms with Crippen LogP contribution in [0.3, 0.4) is 0 Å². The van der Waals surface area contributed by atoms with Gasteiger partial charge < -0.3 is 15.3 Å². The molecule has 19 heavy (non-hydrogen) atoms. The molecule has 0 aliphatic carbocycles. The molecule has 2 N–H and O–H groups in total. The van der Waals surface area contributed by atoms with Crippen LogP contribution in [0.5, 0.6) is 0 Å². The number of hydrogen-bond acceptors (Lipinski definition) is 4. The summed E-state index contributed by atoms with van der Waals surface area (Å²) in [5, 5.41) is 12.1. The van der Waals surface area contributed by atoms with Crippen LogP contribution in [0.15, 0.2) is 18.3 Å². The van der Waals surface area contributed by atoms with Crippen LogP contribution in [0, 0.1) is 0 Å². The molecule has 1 rings (SSSR count). The number of aliphatic hydroxyl groups excluding tert-OH is 1. The lowest BCUT2D eigenvalue weighted by molar-refractivity contribution is 0.0616. The van der Waals surface area contributed by atoms with Gasteiger partial charge in [0.2, 0.25) is 0 Å². The maximum atomic E-state index is 12.5. The third-order valence-electron chi connectivity index (χ3n) is 3.25. The molecule has 0 atom stereocenters. The van der Waals surface area contributed by atoms with E-state index in [4.69, 9.17) is 5.11 Å². The van der Waals surface area contributed by atoms with Gasteiger partial charge in [-0.05, 0) is 25.0 Å². The number of hydrogen-bond donors (Lipinski definition) is 2. The van der Waals surface area contributed by atoms with Crippen molar-refractivity contribution in [3.05, 3.63) is 24.0 Å². The number of anilines is 1. The highest BCUT2D eigenvalue weighted by atomic mass is 16.3. The minimum Gasteiger partial charge on any atom is -0.395 e. The normalized spacial score (nSPS) is 10.6. The van der Waals surface area contributed by atoms with Crippen molar-refractivity contribution in [2.45, 2.75) is 32.7 Å². The quantitative estimate of drug-likeness (QED) is 0.788. The summed E-state index contributed by atoms with van der Waals surface area (Å²) in [5.41, 5.74) is 1.26. The molecule has 0 unspecified atom stereocenters. The zero-order valence-corrected chi connectivity index (χ0v) is 11.9. The summed E-state index contributed by atoms with van der Waals surface area (Å²) < 4.78 is 0. The van der Waals surface area contributed by atoms with Gasteiger partial charge >= 0.3 is 0 Å². The molecule has 0 radical (unpaired) electrons. The summed E-state index contributed by atoms with van der Waals surface area (Å²) in [6, 6.07) is 3.68. The van der Waals surface area contributed by atoms with Crippen molar-refractivity contribution in [1.29, 1.82) is 0 Å². The monoisotopic (exact) mass is 265 g/mol. The van der Waals surface area contributed by atoms with Crippen molar-refractivity contribution >= 4 is 11.6 Å². The fourth-order valence-electron chi connectivity index (χ4n) is 2.14. The van der Waals surface area contributed by atoms with Gasteiger partial charge in [-0.3, -0.25) is 9.78 Å². The van der Waals surface area contributed by atoms with Crippen LogP contribution in [-0.4, -0.2) is 47.1 Å². The Balaban J connectivity index is 2.97. The van der Waals surface area contributed by atoms with Crippen molar-refractivity contribution < 1.29 is 9.90 Å². The third kappa shape index (κ3) is 3.92. The van der Waals surface area contributed by atoms with Gasteiger partial charge in [0, 0.05) is 31.5 Å². The first-order valence-corrected chi connectivity index (χ1v) is 6.73. The van der Waals surface area contributed by atoms with E-state index in [0.717, 1.165) is 18.5 Å². The molecule has 0 bridgehead atoms. The van der Waals surface area contributed by atoms with Gasteiger partial charge in [-0.2, -0.15) is 0 Å². The topological polar surface area (TPSA) is 65.5 Å². The molecule has 0 saturated carbocycles. The van der Waals surface area contributed by atoms with Gasteiger partial charge in [0.25, 0.3) is 5.91 Å². The van der Waals surface area contributed by atoms with E-state index < -0.39 is 0 Å². The van der Waals surface area contributed by atoms with Crippen molar-refractivity contribution in [2.24, 2.45) is 0 Å². The van der Waals surface area contributed by atoms with Crippen LogP contribution in [0.1, 0.15) is 37.2 Å². The number of carbonyl (C=O) groups is 1. The number of pyridine rings is 1. The fraction of sp³-hybridized carbons (Fsp3) is 0.571. The Morgan fingerprint density at radius 2 is 2.16 bits per heavy atom. The lowest BCUT2D eigenvalue weighted by atomic mass is 10.1. The van der Waals surface area contributed by atoms with Crippen molar-refractivity contribution in [1.82, 2.24) is 9.88 Å². The van der Waals surface area contributed by atoms with Gasteiger partial charge in [-0.1, -0.05) is 13.8 Å². The average molecular weight is 265 g/mol. The Kier molecular flexibility index (Phi) is 6.29. The summed E-state index contributed by atoms with van der Waals surface area (Å²) in [6.45, 7) is 4.40. The maximum Gasteiger partial charge on any atom is 0.272 e. The Bertz CT molecular complexity index is 405. The van der Waals surface area contributed by atoms with Crippen molar-refractivity contribution in [2.75, 3.05) is 25.5 Å². The first-order valence-electron chi connectivity index (χ1n) is 6.73. The SMILES string of the molecule is CCC(CC)N(CCO)C(=O)c1cc(NC)ccn1. The van der Waals surface area contributed by atoms with Gasteiger partial charge in [-0.25, -0.2) is 0 Å². The van der Waals surface area contributed by atoms with Gasteiger partial charge in [0.15, 0.2) is 0 Å². The van der Waals surface area contributed by atoms with E-state index in [1.807, 2.05) is 19.9 Å². The molecule has 5 nitrogen and oxygen atoms in total. The molecule has 1 aromatic heterocycles. The molecule has 0 aromatic carbocycles.